The van der Waals surface area contributed by atoms with Gasteiger partial charge in [-0.2, -0.15) is 0 Å². The molecular formula is C39H41BrN2O6S. The van der Waals surface area contributed by atoms with Crippen LogP contribution in [0.3, 0.4) is 0 Å². The van der Waals surface area contributed by atoms with E-state index in [1.165, 1.54) is 0 Å². The molecule has 0 fully saturated rings. The number of aliphatic hydroxyl groups excluding tert-OH is 1. The van der Waals surface area contributed by atoms with Crippen LogP contribution in [-0.2, 0) is 25.6 Å². The number of carbonyl (C=O) groups excluding carboxylic acids is 2. The lowest BCUT2D eigenvalue weighted by atomic mass is 9.83. The van der Waals surface area contributed by atoms with Gasteiger partial charge in [0.05, 0.1) is 6.61 Å². The third-order valence-corrected chi connectivity index (χ3v) is 9.37. The van der Waals surface area contributed by atoms with Gasteiger partial charge in [0.2, 0.25) is 5.90 Å². The third kappa shape index (κ3) is 9.74. The number of halogens is 1. The van der Waals surface area contributed by atoms with E-state index >= 15 is 0 Å². The second kappa shape index (κ2) is 16.5. The predicted octanol–water partition coefficient (Wildman–Crippen LogP) is 8.06. The number of nitrogens with one attached hydrogen (secondary N) is 1. The molecule has 2 atom stereocenters. The SMILES string of the molecule is CC(C)(C)OC(=O)CC[C@@]1(C(=O)NCc2ccccc2Sc2ccccc2)N=C(c2ccc(OCCCO)cc2)O[C@@H]1c1ccc(Br)cc1. The topological polar surface area (TPSA) is 106 Å². The second-order valence-electron chi connectivity index (χ2n) is 12.6. The maximum Gasteiger partial charge on any atom is 0.306 e. The molecule has 49 heavy (non-hydrogen) atoms. The van der Waals surface area contributed by atoms with Gasteiger partial charge in [-0.05, 0) is 92.9 Å². The molecule has 0 spiro atoms. The molecule has 2 N–H and O–H groups in total. The number of nitrogens with zero attached hydrogens (tertiary/aromatic N) is 1. The molecule has 0 radical (unpaired) electrons. The van der Waals surface area contributed by atoms with Crippen LogP contribution in [0.2, 0.25) is 0 Å². The molecular weight excluding hydrogens is 704 g/mol. The number of esters is 1. The summed E-state index contributed by atoms with van der Waals surface area (Å²) in [5, 5.41) is 12.3. The molecule has 4 aromatic carbocycles. The van der Waals surface area contributed by atoms with Crippen molar-refractivity contribution in [2.75, 3.05) is 13.2 Å². The molecule has 1 heterocycles. The number of carbonyl (C=O) groups is 2. The highest BCUT2D eigenvalue weighted by molar-refractivity contribution is 9.10. The molecule has 0 saturated carbocycles. The van der Waals surface area contributed by atoms with Crippen molar-refractivity contribution < 1.29 is 28.9 Å². The highest BCUT2D eigenvalue weighted by Gasteiger charge is 2.53. The molecule has 0 aliphatic carbocycles. The number of amides is 1. The van der Waals surface area contributed by atoms with Gasteiger partial charge in [0, 0.05) is 45.8 Å². The summed E-state index contributed by atoms with van der Waals surface area (Å²) in [7, 11) is 0. The van der Waals surface area contributed by atoms with Crippen LogP contribution < -0.4 is 10.1 Å². The number of hydrogen-bond acceptors (Lipinski definition) is 8. The molecule has 0 bridgehead atoms. The molecule has 4 aromatic rings. The van der Waals surface area contributed by atoms with E-state index in [1.54, 1.807) is 23.9 Å². The fourth-order valence-electron chi connectivity index (χ4n) is 5.39. The zero-order valence-corrected chi connectivity index (χ0v) is 30.3. The number of ether oxygens (including phenoxy) is 3. The first kappa shape index (κ1) is 36.2. The van der Waals surface area contributed by atoms with Crippen LogP contribution in [0, 0.1) is 0 Å². The smallest absolute Gasteiger partial charge is 0.306 e. The quantitative estimate of drug-likeness (QED) is 0.0994. The normalized spacial score (nSPS) is 17.2. The molecule has 256 valence electrons. The third-order valence-electron chi connectivity index (χ3n) is 7.72. The Balaban J connectivity index is 1.49. The van der Waals surface area contributed by atoms with Crippen LogP contribution in [0.1, 0.15) is 62.8 Å². The Morgan fingerprint density at radius 3 is 2.35 bits per heavy atom. The van der Waals surface area contributed by atoms with Crippen molar-refractivity contribution in [2.24, 2.45) is 4.99 Å². The lowest BCUT2D eigenvalue weighted by Gasteiger charge is -2.31. The maximum absolute atomic E-state index is 14.6. The van der Waals surface area contributed by atoms with E-state index in [1.807, 2.05) is 112 Å². The van der Waals surface area contributed by atoms with Crippen LogP contribution in [0.5, 0.6) is 5.75 Å². The van der Waals surface area contributed by atoms with Crippen LogP contribution in [-0.4, -0.2) is 47.2 Å². The van der Waals surface area contributed by atoms with E-state index in [9.17, 15) is 9.59 Å². The lowest BCUT2D eigenvalue weighted by Crippen LogP contribution is -2.48. The van der Waals surface area contributed by atoms with Gasteiger partial charge in [-0.1, -0.05) is 76.2 Å². The summed E-state index contributed by atoms with van der Waals surface area (Å²) in [6.45, 7) is 6.13. The van der Waals surface area contributed by atoms with E-state index in [2.05, 4.69) is 21.2 Å². The van der Waals surface area contributed by atoms with Crippen molar-refractivity contribution in [1.29, 1.82) is 0 Å². The molecule has 0 unspecified atom stereocenters. The zero-order chi connectivity index (χ0) is 34.9. The van der Waals surface area contributed by atoms with Gasteiger partial charge in [-0.15, -0.1) is 0 Å². The van der Waals surface area contributed by atoms with Crippen LogP contribution in [0.15, 0.2) is 122 Å². The van der Waals surface area contributed by atoms with Crippen LogP contribution in [0.4, 0.5) is 0 Å². The fourth-order valence-corrected chi connectivity index (χ4v) is 6.62. The van der Waals surface area contributed by atoms with Gasteiger partial charge in [-0.25, -0.2) is 4.99 Å². The van der Waals surface area contributed by atoms with Crippen molar-refractivity contribution >= 4 is 45.5 Å². The Kier molecular flexibility index (Phi) is 12.2. The summed E-state index contributed by atoms with van der Waals surface area (Å²) in [6.07, 6.45) is -0.291. The van der Waals surface area contributed by atoms with Gasteiger partial charge in [0.15, 0.2) is 11.6 Å². The Morgan fingerprint density at radius 1 is 0.959 bits per heavy atom. The van der Waals surface area contributed by atoms with Crippen molar-refractivity contribution in [2.45, 2.75) is 73.6 Å². The molecule has 1 aliphatic rings. The summed E-state index contributed by atoms with van der Waals surface area (Å²) in [4.78, 5) is 34.9. The summed E-state index contributed by atoms with van der Waals surface area (Å²) in [5.41, 5.74) is 0.183. The molecule has 1 aliphatic heterocycles. The Hall–Kier alpha value is -4.12. The van der Waals surface area contributed by atoms with Gasteiger partial charge in [0.1, 0.15) is 11.4 Å². The van der Waals surface area contributed by atoms with Gasteiger partial charge in [-0.3, -0.25) is 9.59 Å². The van der Waals surface area contributed by atoms with Gasteiger partial charge >= 0.3 is 5.97 Å². The van der Waals surface area contributed by atoms with Gasteiger partial charge < -0.3 is 24.6 Å². The Morgan fingerprint density at radius 2 is 1.65 bits per heavy atom. The number of hydrogen-bond donors (Lipinski definition) is 2. The summed E-state index contributed by atoms with van der Waals surface area (Å²) in [5.74, 6) is 0.143. The first-order valence-corrected chi connectivity index (χ1v) is 17.8. The second-order valence-corrected chi connectivity index (χ2v) is 14.7. The summed E-state index contributed by atoms with van der Waals surface area (Å²) < 4.78 is 18.8. The fraction of sp³-hybridized carbons (Fsp3) is 0.308. The summed E-state index contributed by atoms with van der Waals surface area (Å²) in [6, 6.07) is 32.9. The van der Waals surface area contributed by atoms with Crippen molar-refractivity contribution in [3.8, 4) is 5.75 Å². The minimum atomic E-state index is -1.49. The first-order valence-electron chi connectivity index (χ1n) is 16.2. The Bertz CT molecular complexity index is 1740. The number of benzene rings is 4. The highest BCUT2D eigenvalue weighted by atomic mass is 79.9. The van der Waals surface area contributed by atoms with E-state index in [0.717, 1.165) is 25.4 Å². The average molecular weight is 746 g/mol. The first-order chi connectivity index (χ1) is 23.6. The average Bonchev–Trinajstić information content (AvgIpc) is 3.48. The number of rotatable bonds is 14. The van der Waals surface area contributed by atoms with Crippen molar-refractivity contribution in [1.82, 2.24) is 5.32 Å². The lowest BCUT2D eigenvalue weighted by molar-refractivity contribution is -0.155. The van der Waals surface area contributed by atoms with E-state index < -0.39 is 23.2 Å². The predicted molar refractivity (Wildman–Crippen MR) is 195 cm³/mol. The maximum atomic E-state index is 14.6. The molecule has 5 rings (SSSR count). The van der Waals surface area contributed by atoms with E-state index in [4.69, 9.17) is 24.3 Å². The standard InChI is InChI=1S/C39H41BrN2O6S/c1-38(2,3)48-34(44)22-23-39(37(45)41-26-29-10-7-8-13-33(29)49-32-11-5-4-6-12-32)35(27-14-18-30(40)19-15-27)47-36(42-39)28-16-20-31(21-17-28)46-25-9-24-43/h4-8,10-21,35,43H,9,22-26H2,1-3H3,(H,41,45)/t35-,39-/m1/s1. The monoisotopic (exact) mass is 744 g/mol. The van der Waals surface area contributed by atoms with Gasteiger partial charge in [0.25, 0.3) is 5.91 Å². The molecule has 1 amide bonds. The van der Waals surface area contributed by atoms with Crippen LogP contribution in [0.25, 0.3) is 0 Å². The van der Waals surface area contributed by atoms with Crippen molar-refractivity contribution in [3.63, 3.8) is 0 Å². The minimum Gasteiger partial charge on any atom is -0.494 e. The minimum absolute atomic E-state index is 0.0457. The van der Waals surface area contributed by atoms with Crippen LogP contribution >= 0.6 is 27.7 Å². The Labute approximate surface area is 300 Å². The molecule has 0 aromatic heterocycles. The highest BCUT2D eigenvalue weighted by Crippen LogP contribution is 2.44. The largest absolute Gasteiger partial charge is 0.494 e. The summed E-state index contributed by atoms with van der Waals surface area (Å²) >= 11 is 5.14. The van der Waals surface area contributed by atoms with Crippen molar-refractivity contribution in [3.05, 3.63) is 124 Å². The number of aliphatic hydroxyl groups is 1. The molecule has 0 saturated heterocycles. The zero-order valence-electron chi connectivity index (χ0n) is 27.9. The van der Waals surface area contributed by atoms with E-state index in [0.29, 0.717) is 24.3 Å². The molecule has 8 nitrogen and oxygen atoms in total. The van der Waals surface area contributed by atoms with E-state index in [-0.39, 0.29) is 37.8 Å². The number of aliphatic imine (C=N–C) groups is 1. The molecule has 10 heteroatoms.